The predicted molar refractivity (Wildman–Crippen MR) is 69.9 cm³/mol. The molecule has 0 bridgehead atoms. The van der Waals surface area contributed by atoms with E-state index >= 15 is 0 Å². The van der Waals surface area contributed by atoms with E-state index in [1.807, 2.05) is 13.0 Å². The number of benzene rings is 1. The average molecular weight is 335 g/mol. The van der Waals surface area contributed by atoms with Crippen molar-refractivity contribution in [2.45, 2.75) is 19.4 Å². The smallest absolute Gasteiger partial charge is 0.122 e. The van der Waals surface area contributed by atoms with Crippen molar-refractivity contribution in [2.24, 2.45) is 5.73 Å². The standard InChI is InChI=1S/C11H13Br2NO/c1-6(2)3-9(14)11-8(13)4-7(12)5-10(11)15/h4-5,9,15H,1,3,14H2,2H3/t9-/m0/s1. The van der Waals surface area contributed by atoms with Gasteiger partial charge in [0.25, 0.3) is 0 Å². The molecule has 0 saturated heterocycles. The van der Waals surface area contributed by atoms with Gasteiger partial charge in [0, 0.05) is 20.6 Å². The van der Waals surface area contributed by atoms with Gasteiger partial charge in [0.05, 0.1) is 0 Å². The van der Waals surface area contributed by atoms with Gasteiger partial charge in [0.15, 0.2) is 0 Å². The third-order valence-electron chi connectivity index (χ3n) is 2.01. The summed E-state index contributed by atoms with van der Waals surface area (Å²) in [6.07, 6.45) is 0.661. The Morgan fingerprint density at radius 3 is 2.60 bits per heavy atom. The zero-order valence-electron chi connectivity index (χ0n) is 8.43. The second kappa shape index (κ2) is 5.14. The number of hydrogen-bond donors (Lipinski definition) is 2. The Labute approximate surface area is 106 Å². The van der Waals surface area contributed by atoms with Crippen LogP contribution in [0, 0.1) is 0 Å². The SMILES string of the molecule is C=C(C)C[C@H](N)c1c(O)cc(Br)cc1Br. The van der Waals surface area contributed by atoms with Gasteiger partial charge in [-0.2, -0.15) is 0 Å². The molecule has 0 saturated carbocycles. The quantitative estimate of drug-likeness (QED) is 0.824. The van der Waals surface area contributed by atoms with Crippen molar-refractivity contribution >= 4 is 31.9 Å². The Kier molecular flexibility index (Phi) is 4.37. The second-order valence-corrected chi connectivity index (χ2v) is 5.36. The molecule has 0 aliphatic carbocycles. The highest BCUT2D eigenvalue weighted by Crippen LogP contribution is 2.35. The van der Waals surface area contributed by atoms with Crippen molar-refractivity contribution in [3.8, 4) is 5.75 Å². The van der Waals surface area contributed by atoms with Gasteiger partial charge >= 0.3 is 0 Å². The molecule has 0 aliphatic rings. The molecule has 0 aliphatic heterocycles. The van der Waals surface area contributed by atoms with Crippen LogP contribution >= 0.6 is 31.9 Å². The van der Waals surface area contributed by atoms with E-state index in [1.165, 1.54) is 0 Å². The van der Waals surface area contributed by atoms with Crippen LogP contribution in [0.3, 0.4) is 0 Å². The van der Waals surface area contributed by atoms with Gasteiger partial charge in [0.2, 0.25) is 0 Å². The molecule has 1 atom stereocenters. The van der Waals surface area contributed by atoms with Crippen molar-refractivity contribution in [1.82, 2.24) is 0 Å². The summed E-state index contributed by atoms with van der Waals surface area (Å²) < 4.78 is 1.63. The fourth-order valence-electron chi connectivity index (χ4n) is 1.42. The molecule has 15 heavy (non-hydrogen) atoms. The average Bonchev–Trinajstić information content (AvgIpc) is 1.99. The summed E-state index contributed by atoms with van der Waals surface area (Å²) in [5.41, 5.74) is 7.70. The summed E-state index contributed by atoms with van der Waals surface area (Å²) in [5.74, 6) is 0.199. The Morgan fingerprint density at radius 1 is 1.53 bits per heavy atom. The first-order valence-electron chi connectivity index (χ1n) is 4.49. The van der Waals surface area contributed by atoms with Crippen LogP contribution < -0.4 is 5.73 Å². The minimum absolute atomic E-state index is 0.199. The molecule has 82 valence electrons. The van der Waals surface area contributed by atoms with Crippen molar-refractivity contribution in [3.63, 3.8) is 0 Å². The summed E-state index contributed by atoms with van der Waals surface area (Å²) in [7, 11) is 0. The molecule has 1 aromatic carbocycles. The number of nitrogens with two attached hydrogens (primary N) is 1. The number of phenolic OH excluding ortho intramolecular Hbond substituents is 1. The first-order valence-corrected chi connectivity index (χ1v) is 6.08. The zero-order chi connectivity index (χ0) is 11.6. The molecule has 1 rings (SSSR count). The van der Waals surface area contributed by atoms with E-state index in [0.29, 0.717) is 6.42 Å². The summed E-state index contributed by atoms with van der Waals surface area (Å²) in [4.78, 5) is 0. The van der Waals surface area contributed by atoms with Crippen LogP contribution in [0.1, 0.15) is 24.9 Å². The van der Waals surface area contributed by atoms with Gasteiger partial charge in [-0.3, -0.25) is 0 Å². The van der Waals surface area contributed by atoms with E-state index in [1.54, 1.807) is 6.07 Å². The maximum atomic E-state index is 9.79. The third kappa shape index (κ3) is 3.33. The minimum Gasteiger partial charge on any atom is -0.508 e. The van der Waals surface area contributed by atoms with Crippen LogP contribution in [0.5, 0.6) is 5.75 Å². The van der Waals surface area contributed by atoms with Crippen LogP contribution in [0.15, 0.2) is 33.2 Å². The molecule has 0 amide bonds. The number of hydrogen-bond acceptors (Lipinski definition) is 2. The van der Waals surface area contributed by atoms with Crippen LogP contribution in [0.2, 0.25) is 0 Å². The van der Waals surface area contributed by atoms with Crippen molar-refractivity contribution in [3.05, 3.63) is 38.8 Å². The normalized spacial score (nSPS) is 12.5. The maximum Gasteiger partial charge on any atom is 0.122 e. The van der Waals surface area contributed by atoms with Gasteiger partial charge in [0.1, 0.15) is 5.75 Å². The lowest BCUT2D eigenvalue weighted by atomic mass is 10.0. The first kappa shape index (κ1) is 12.7. The highest BCUT2D eigenvalue weighted by molar-refractivity contribution is 9.11. The minimum atomic E-state index is -0.232. The van der Waals surface area contributed by atoms with E-state index < -0.39 is 0 Å². The maximum absolute atomic E-state index is 9.79. The molecular formula is C11H13Br2NO. The molecule has 0 radical (unpaired) electrons. The van der Waals surface area contributed by atoms with Crippen molar-refractivity contribution in [2.75, 3.05) is 0 Å². The highest BCUT2D eigenvalue weighted by Gasteiger charge is 2.15. The van der Waals surface area contributed by atoms with Gasteiger partial charge < -0.3 is 10.8 Å². The lowest BCUT2D eigenvalue weighted by Gasteiger charge is -2.15. The topological polar surface area (TPSA) is 46.2 Å². The van der Waals surface area contributed by atoms with Gasteiger partial charge in [-0.25, -0.2) is 0 Å². The summed E-state index contributed by atoms with van der Waals surface area (Å²) >= 11 is 6.69. The Hall–Kier alpha value is -0.320. The molecule has 1 aromatic rings. The van der Waals surface area contributed by atoms with Gasteiger partial charge in [-0.05, 0) is 25.5 Å². The zero-order valence-corrected chi connectivity index (χ0v) is 11.6. The number of phenols is 1. The molecule has 0 heterocycles. The second-order valence-electron chi connectivity index (χ2n) is 3.59. The van der Waals surface area contributed by atoms with Crippen LogP contribution in [0.25, 0.3) is 0 Å². The molecule has 0 unspecified atom stereocenters. The Bertz CT molecular complexity index is 367. The number of aromatic hydroxyl groups is 1. The Morgan fingerprint density at radius 2 is 2.13 bits per heavy atom. The van der Waals surface area contributed by atoms with E-state index in [4.69, 9.17) is 5.73 Å². The molecule has 0 aromatic heterocycles. The van der Waals surface area contributed by atoms with Crippen molar-refractivity contribution < 1.29 is 5.11 Å². The fraction of sp³-hybridized carbons (Fsp3) is 0.273. The first-order chi connectivity index (χ1) is 6.91. The van der Waals surface area contributed by atoms with Crippen LogP contribution in [0.4, 0.5) is 0 Å². The molecule has 3 N–H and O–H groups in total. The molecule has 0 spiro atoms. The summed E-state index contributed by atoms with van der Waals surface area (Å²) in [5, 5.41) is 9.79. The number of halogens is 2. The van der Waals surface area contributed by atoms with E-state index in [-0.39, 0.29) is 11.8 Å². The molecular weight excluding hydrogens is 322 g/mol. The molecule has 0 fully saturated rings. The molecule has 2 nitrogen and oxygen atoms in total. The fourth-order valence-corrected chi connectivity index (χ4v) is 2.91. The van der Waals surface area contributed by atoms with E-state index in [0.717, 1.165) is 20.1 Å². The molecule has 4 heteroatoms. The number of rotatable bonds is 3. The van der Waals surface area contributed by atoms with Crippen LogP contribution in [-0.2, 0) is 0 Å². The Balaban J connectivity index is 3.08. The highest BCUT2D eigenvalue weighted by atomic mass is 79.9. The van der Waals surface area contributed by atoms with Crippen molar-refractivity contribution in [1.29, 1.82) is 0 Å². The lowest BCUT2D eigenvalue weighted by Crippen LogP contribution is -2.11. The van der Waals surface area contributed by atoms with Gasteiger partial charge in [-0.15, -0.1) is 6.58 Å². The summed E-state index contributed by atoms with van der Waals surface area (Å²) in [6.45, 7) is 5.73. The largest absolute Gasteiger partial charge is 0.508 e. The third-order valence-corrected chi connectivity index (χ3v) is 3.13. The van der Waals surface area contributed by atoms with Gasteiger partial charge in [-0.1, -0.05) is 37.4 Å². The van der Waals surface area contributed by atoms with E-state index in [9.17, 15) is 5.11 Å². The monoisotopic (exact) mass is 333 g/mol. The van der Waals surface area contributed by atoms with E-state index in [2.05, 4.69) is 38.4 Å². The lowest BCUT2D eigenvalue weighted by molar-refractivity contribution is 0.460. The summed E-state index contributed by atoms with van der Waals surface area (Å²) in [6, 6.07) is 3.27. The van der Waals surface area contributed by atoms with Crippen LogP contribution in [-0.4, -0.2) is 5.11 Å². The predicted octanol–water partition coefficient (Wildman–Crippen LogP) is 3.88.